The fourth-order valence-corrected chi connectivity index (χ4v) is 6.71. The van der Waals surface area contributed by atoms with Crippen LogP contribution in [0.4, 0.5) is 0 Å². The van der Waals surface area contributed by atoms with Gasteiger partial charge in [0.2, 0.25) is 0 Å². The molecule has 2 unspecified atom stereocenters. The Morgan fingerprint density at radius 1 is 0.735 bits per heavy atom. The predicted molar refractivity (Wildman–Crippen MR) is 199 cm³/mol. The summed E-state index contributed by atoms with van der Waals surface area (Å²) < 4.78 is 17.4. The summed E-state index contributed by atoms with van der Waals surface area (Å²) in [5.74, 6) is 0.0165. The average Bonchev–Trinajstić information content (AvgIpc) is 3.06. The Balaban J connectivity index is 2.99. The Hall–Kier alpha value is -2.55. The number of ether oxygens (including phenoxy) is 3. The summed E-state index contributed by atoms with van der Waals surface area (Å²) >= 11 is 0. The molecule has 7 heteroatoms. The fourth-order valence-electron chi connectivity index (χ4n) is 6.71. The highest BCUT2D eigenvalue weighted by Gasteiger charge is 2.24. The molecular weight excluding hydrogens is 614 g/mol. The van der Waals surface area contributed by atoms with Crippen molar-refractivity contribution in [3.63, 3.8) is 0 Å². The summed E-state index contributed by atoms with van der Waals surface area (Å²) in [5.41, 5.74) is 10.4. The minimum atomic E-state index is -0.163. The van der Waals surface area contributed by atoms with Crippen molar-refractivity contribution in [2.24, 2.45) is 11.8 Å². The lowest BCUT2D eigenvalue weighted by molar-refractivity contribution is -0.150. The number of carbonyl (C=O) groups is 3. The lowest BCUT2D eigenvalue weighted by atomic mass is 9.79. The molecule has 0 aromatic heterocycles. The molecule has 0 bridgehead atoms. The molecule has 280 valence electrons. The van der Waals surface area contributed by atoms with Crippen LogP contribution < -0.4 is 0 Å². The zero-order valence-electron chi connectivity index (χ0n) is 31.9. The van der Waals surface area contributed by atoms with Gasteiger partial charge in [0, 0.05) is 12.8 Å². The van der Waals surface area contributed by atoms with E-state index in [1.165, 1.54) is 5.57 Å². The monoisotopic (exact) mass is 686 g/mol. The molecule has 0 saturated carbocycles. The quantitative estimate of drug-likeness (QED) is 0.0926. The SMILES string of the molecule is C=C=C=C=C1C(CCCCC)CCOC(=O)CCCCCCCC(OC(=O)CN(C)C)CCCCCCCC(=O)OCCC1CCCCC. The van der Waals surface area contributed by atoms with E-state index in [1.54, 1.807) is 0 Å². The second-order valence-corrected chi connectivity index (χ2v) is 14.2. The molecule has 49 heavy (non-hydrogen) atoms. The van der Waals surface area contributed by atoms with Crippen LogP contribution in [-0.2, 0) is 28.6 Å². The number of carbonyl (C=O) groups excluding carboxylic acids is 3. The van der Waals surface area contributed by atoms with Gasteiger partial charge in [-0.3, -0.25) is 19.3 Å². The number of likely N-dealkylation sites (N-methyl/N-ethyl adjacent to an activating group) is 1. The van der Waals surface area contributed by atoms with E-state index in [0.29, 0.717) is 32.6 Å². The molecule has 0 amide bonds. The van der Waals surface area contributed by atoms with Gasteiger partial charge in [0.15, 0.2) is 0 Å². The molecule has 1 aliphatic heterocycles. The number of esters is 3. The topological polar surface area (TPSA) is 82.1 Å². The Morgan fingerprint density at radius 3 is 1.65 bits per heavy atom. The van der Waals surface area contributed by atoms with Crippen molar-refractivity contribution in [2.45, 2.75) is 174 Å². The molecule has 0 aromatic rings. The van der Waals surface area contributed by atoms with Crippen LogP contribution in [0, 0.1) is 11.8 Å². The van der Waals surface area contributed by atoms with Crippen LogP contribution >= 0.6 is 0 Å². The lowest BCUT2D eigenvalue weighted by Crippen LogP contribution is -2.27. The highest BCUT2D eigenvalue weighted by Crippen LogP contribution is 2.33. The molecule has 0 aliphatic carbocycles. The number of hydrogen-bond donors (Lipinski definition) is 0. The Kier molecular flexibility index (Phi) is 27.5. The highest BCUT2D eigenvalue weighted by atomic mass is 16.5. The van der Waals surface area contributed by atoms with Crippen LogP contribution in [0.1, 0.15) is 168 Å². The van der Waals surface area contributed by atoms with E-state index in [2.05, 4.69) is 37.6 Å². The van der Waals surface area contributed by atoms with Gasteiger partial charge in [-0.2, -0.15) is 0 Å². The third-order valence-corrected chi connectivity index (χ3v) is 9.50. The first kappa shape index (κ1) is 44.5. The molecule has 1 fully saturated rings. The van der Waals surface area contributed by atoms with Crippen molar-refractivity contribution in [3.05, 3.63) is 29.3 Å². The Labute approximate surface area is 300 Å². The van der Waals surface area contributed by atoms with E-state index in [9.17, 15) is 14.4 Å². The highest BCUT2D eigenvalue weighted by molar-refractivity contribution is 5.71. The molecule has 0 radical (unpaired) electrons. The van der Waals surface area contributed by atoms with Crippen molar-refractivity contribution in [1.29, 1.82) is 0 Å². The molecule has 1 aliphatic rings. The van der Waals surface area contributed by atoms with E-state index in [0.717, 1.165) is 141 Å². The molecule has 1 saturated heterocycles. The molecule has 7 nitrogen and oxygen atoms in total. The van der Waals surface area contributed by atoms with Crippen LogP contribution in [-0.4, -0.2) is 62.8 Å². The van der Waals surface area contributed by atoms with Gasteiger partial charge in [-0.05, 0) is 108 Å². The normalized spacial score (nSPS) is 22.2. The first-order chi connectivity index (χ1) is 23.8. The fraction of sp³-hybridized carbons (Fsp3) is 0.810. The molecule has 2 atom stereocenters. The molecule has 0 spiro atoms. The molecular formula is C42H71NO6. The largest absolute Gasteiger partial charge is 0.466 e. The maximum atomic E-state index is 12.7. The van der Waals surface area contributed by atoms with E-state index in [-0.39, 0.29) is 35.8 Å². The van der Waals surface area contributed by atoms with E-state index in [4.69, 9.17) is 14.2 Å². The smallest absolute Gasteiger partial charge is 0.320 e. The van der Waals surface area contributed by atoms with Crippen LogP contribution in [0.5, 0.6) is 0 Å². The number of rotatable bonds is 11. The maximum Gasteiger partial charge on any atom is 0.320 e. The summed E-state index contributed by atoms with van der Waals surface area (Å²) in [4.78, 5) is 39.6. The molecule has 0 N–H and O–H groups in total. The standard InChI is InChI=1S/C42H71NO6/c1-6-9-18-24-36-31-33-47-40(44)29-22-16-12-14-20-26-38(49-42(46)35-43(4)5)27-21-15-13-17-23-30-41(45)48-34-32-37(25-19-10-7-2)39(36)28-11-8-3/h36-38H,3,6-7,9-10,12-27,29-35H2,1-2,4-5H3. The van der Waals surface area contributed by atoms with Gasteiger partial charge in [-0.1, -0.05) is 102 Å². The Bertz CT molecular complexity index is 966. The van der Waals surface area contributed by atoms with Crippen molar-refractivity contribution < 1.29 is 28.6 Å². The number of nitrogens with zero attached hydrogens (tertiary/aromatic N) is 1. The van der Waals surface area contributed by atoms with E-state index < -0.39 is 0 Å². The van der Waals surface area contributed by atoms with Crippen LogP contribution in [0.15, 0.2) is 29.3 Å². The van der Waals surface area contributed by atoms with Gasteiger partial charge in [-0.25, -0.2) is 0 Å². The number of hydrogen-bond acceptors (Lipinski definition) is 7. The second-order valence-electron chi connectivity index (χ2n) is 14.2. The van der Waals surface area contributed by atoms with Gasteiger partial charge in [-0.15, -0.1) is 0 Å². The van der Waals surface area contributed by atoms with Crippen molar-refractivity contribution in [2.75, 3.05) is 33.9 Å². The van der Waals surface area contributed by atoms with Crippen molar-refractivity contribution in [1.82, 2.24) is 4.90 Å². The first-order valence-electron chi connectivity index (χ1n) is 19.9. The predicted octanol–water partition coefficient (Wildman–Crippen LogP) is 10.2. The first-order valence-corrected chi connectivity index (χ1v) is 19.9. The molecule has 1 rings (SSSR count). The lowest BCUT2D eigenvalue weighted by Gasteiger charge is -2.26. The van der Waals surface area contributed by atoms with E-state index in [1.807, 2.05) is 19.0 Å². The summed E-state index contributed by atoms with van der Waals surface area (Å²) in [7, 11) is 3.75. The van der Waals surface area contributed by atoms with Gasteiger partial charge >= 0.3 is 17.9 Å². The summed E-state index contributed by atoms with van der Waals surface area (Å²) in [6.07, 6.45) is 22.8. The minimum absolute atomic E-state index is 0.0498. The third kappa shape index (κ3) is 24.3. The van der Waals surface area contributed by atoms with Crippen LogP contribution in [0.2, 0.25) is 0 Å². The number of allylic oxidation sites excluding steroid dienone is 1. The summed E-state index contributed by atoms with van der Waals surface area (Å²) in [5, 5.41) is 0. The number of cyclic esters (lactones) is 2. The molecule has 0 aromatic carbocycles. The average molecular weight is 686 g/mol. The van der Waals surface area contributed by atoms with Gasteiger partial charge in [0.05, 0.1) is 19.8 Å². The van der Waals surface area contributed by atoms with Gasteiger partial charge in [0.25, 0.3) is 0 Å². The van der Waals surface area contributed by atoms with Crippen molar-refractivity contribution in [3.8, 4) is 0 Å². The van der Waals surface area contributed by atoms with Gasteiger partial charge < -0.3 is 14.2 Å². The zero-order chi connectivity index (χ0) is 36.0. The second kappa shape index (κ2) is 30.3. The third-order valence-electron chi connectivity index (χ3n) is 9.50. The van der Waals surface area contributed by atoms with Gasteiger partial charge in [0.1, 0.15) is 6.10 Å². The summed E-state index contributed by atoms with van der Waals surface area (Å²) in [6, 6.07) is 0. The summed E-state index contributed by atoms with van der Waals surface area (Å²) in [6.45, 7) is 9.23. The van der Waals surface area contributed by atoms with Crippen LogP contribution in [0.25, 0.3) is 0 Å². The van der Waals surface area contributed by atoms with Crippen LogP contribution in [0.3, 0.4) is 0 Å². The zero-order valence-corrected chi connectivity index (χ0v) is 31.9. The van der Waals surface area contributed by atoms with Crippen molar-refractivity contribution >= 4 is 17.9 Å². The minimum Gasteiger partial charge on any atom is -0.466 e. The van der Waals surface area contributed by atoms with E-state index >= 15 is 0 Å². The maximum absolute atomic E-state index is 12.7. The Morgan fingerprint density at radius 2 is 1.20 bits per heavy atom. The molecule has 1 heterocycles. The number of unbranched alkanes of at least 4 members (excludes halogenated alkanes) is 4.